The number of aromatic nitrogens is 2. The number of amides is 1. The molecule has 158 valence electrons. The summed E-state index contributed by atoms with van der Waals surface area (Å²) in [7, 11) is -3.88. The van der Waals surface area contributed by atoms with E-state index in [9.17, 15) is 13.2 Å². The number of aromatic amines is 1. The molecule has 10 heteroatoms. The van der Waals surface area contributed by atoms with E-state index >= 15 is 0 Å². The molecule has 0 spiro atoms. The molecule has 3 aromatic carbocycles. The van der Waals surface area contributed by atoms with E-state index in [1.807, 2.05) is 0 Å². The normalized spacial score (nSPS) is 11.5. The average Bonchev–Trinajstić information content (AvgIpc) is 3.15. The van der Waals surface area contributed by atoms with Gasteiger partial charge in [-0.15, -0.1) is 3.97 Å². The van der Waals surface area contributed by atoms with Gasteiger partial charge in [0, 0.05) is 5.02 Å². The van der Waals surface area contributed by atoms with Gasteiger partial charge < -0.3 is 5.32 Å². The van der Waals surface area contributed by atoms with E-state index < -0.39 is 10.0 Å². The largest absolute Gasteiger partial charge is 0.336 e. The van der Waals surface area contributed by atoms with Crippen molar-refractivity contribution in [2.45, 2.75) is 10.1 Å². The zero-order valence-corrected chi connectivity index (χ0v) is 19.0. The number of anilines is 1. The maximum atomic E-state index is 13.3. The minimum Gasteiger partial charge on any atom is -0.324 e. The molecule has 0 saturated carbocycles. The minimum atomic E-state index is -3.88. The second-order valence-electron chi connectivity index (χ2n) is 6.49. The van der Waals surface area contributed by atoms with Gasteiger partial charge in [0.05, 0.1) is 16.5 Å². The first kappa shape index (κ1) is 21.7. The molecule has 0 bridgehead atoms. The van der Waals surface area contributed by atoms with E-state index in [0.29, 0.717) is 31.9 Å². The Hall–Kier alpha value is -2.52. The van der Waals surface area contributed by atoms with E-state index in [-0.39, 0.29) is 16.6 Å². The first-order valence-electron chi connectivity index (χ1n) is 9.07. The molecule has 1 aromatic heterocycles. The summed E-state index contributed by atoms with van der Waals surface area (Å²) in [4.78, 5) is 15.7. The summed E-state index contributed by atoms with van der Waals surface area (Å²) >= 11 is 13.1. The molecule has 0 saturated heterocycles. The van der Waals surface area contributed by atoms with Crippen molar-refractivity contribution in [3.8, 4) is 0 Å². The SMILES string of the molecule is O=C(CSc1[nH]c2ccccc2[n+]1S(=O)(=O)c1ccccc1)Nc1cc(Cl)ccc1Cl. The van der Waals surface area contributed by atoms with Crippen molar-refractivity contribution < 1.29 is 17.2 Å². The van der Waals surface area contributed by atoms with Crippen LogP contribution in [0.25, 0.3) is 11.0 Å². The number of benzene rings is 3. The Kier molecular flexibility index (Phi) is 6.24. The smallest absolute Gasteiger partial charge is 0.324 e. The molecule has 0 radical (unpaired) electrons. The number of fused-ring (bicyclic) bond motifs is 1. The molecule has 0 unspecified atom stereocenters. The molecule has 0 aliphatic heterocycles. The standard InChI is InChI=1S/C21H15Cl2N3O3S2/c22-14-10-11-16(23)18(12-14)24-20(27)13-30-21-25-17-8-4-5-9-19(17)26(21)31(28,29)15-6-2-1-3-7-15/h1-12H,13H2,(H,24,27)/p+1. The number of carbonyl (C=O) groups excluding carboxylic acids is 1. The maximum Gasteiger partial charge on any atom is 0.336 e. The number of hydrogen-bond donors (Lipinski definition) is 2. The Morgan fingerprint density at radius 1 is 1.00 bits per heavy atom. The number of nitrogens with zero attached hydrogens (tertiary/aromatic N) is 1. The van der Waals surface area contributed by atoms with Gasteiger partial charge in [-0.25, -0.2) is 4.98 Å². The van der Waals surface area contributed by atoms with Gasteiger partial charge in [-0.05, 0) is 54.2 Å². The lowest BCUT2D eigenvalue weighted by molar-refractivity contribution is -0.526. The predicted octanol–water partition coefficient (Wildman–Crippen LogP) is 4.73. The van der Waals surface area contributed by atoms with Gasteiger partial charge in [0.2, 0.25) is 5.91 Å². The van der Waals surface area contributed by atoms with Gasteiger partial charge in [0.1, 0.15) is 4.90 Å². The van der Waals surface area contributed by atoms with E-state index in [1.165, 1.54) is 16.1 Å². The number of rotatable bonds is 6. The Morgan fingerprint density at radius 2 is 1.71 bits per heavy atom. The van der Waals surface area contributed by atoms with Crippen molar-refractivity contribution in [1.29, 1.82) is 0 Å². The number of imidazole rings is 1. The zero-order chi connectivity index (χ0) is 22.0. The summed E-state index contributed by atoms with van der Waals surface area (Å²) < 4.78 is 27.9. The highest BCUT2D eigenvalue weighted by Gasteiger charge is 2.31. The van der Waals surface area contributed by atoms with Crippen molar-refractivity contribution in [2.24, 2.45) is 0 Å². The Balaban J connectivity index is 1.65. The summed E-state index contributed by atoms with van der Waals surface area (Å²) in [5, 5.41) is 3.81. The van der Waals surface area contributed by atoms with Crippen molar-refractivity contribution in [1.82, 2.24) is 4.98 Å². The lowest BCUT2D eigenvalue weighted by atomic mass is 10.3. The van der Waals surface area contributed by atoms with Gasteiger partial charge in [0.15, 0.2) is 11.0 Å². The summed E-state index contributed by atoms with van der Waals surface area (Å²) in [6, 6.07) is 20.0. The van der Waals surface area contributed by atoms with Crippen LogP contribution in [0, 0.1) is 0 Å². The van der Waals surface area contributed by atoms with Gasteiger partial charge in [-0.3, -0.25) is 4.79 Å². The number of H-pyrrole nitrogens is 1. The van der Waals surface area contributed by atoms with E-state index in [0.717, 1.165) is 11.8 Å². The van der Waals surface area contributed by atoms with Gasteiger partial charge >= 0.3 is 15.2 Å². The van der Waals surface area contributed by atoms with Crippen LogP contribution in [-0.4, -0.2) is 25.1 Å². The molecule has 0 aliphatic carbocycles. The quantitative estimate of drug-likeness (QED) is 0.301. The fraction of sp³-hybridized carbons (Fsp3) is 0.0476. The molecular formula is C21H16Cl2N3O3S2+. The third-order valence-electron chi connectivity index (χ3n) is 4.37. The summed E-state index contributed by atoms with van der Waals surface area (Å²) in [5.74, 6) is -0.392. The number of halogens is 2. The molecule has 31 heavy (non-hydrogen) atoms. The number of nitrogens with one attached hydrogen (secondary N) is 2. The molecule has 6 nitrogen and oxygen atoms in total. The molecule has 2 N–H and O–H groups in total. The fourth-order valence-electron chi connectivity index (χ4n) is 2.98. The van der Waals surface area contributed by atoms with Gasteiger partial charge in [-0.1, -0.05) is 53.5 Å². The Bertz CT molecular complexity index is 1370. The fourth-order valence-corrected chi connectivity index (χ4v) is 5.90. The van der Waals surface area contributed by atoms with Crippen LogP contribution in [-0.2, 0) is 14.8 Å². The molecular weight excluding hydrogens is 477 g/mol. The van der Waals surface area contributed by atoms with E-state index in [1.54, 1.807) is 60.7 Å². The highest BCUT2D eigenvalue weighted by atomic mass is 35.5. The highest BCUT2D eigenvalue weighted by molar-refractivity contribution is 8.00. The lowest BCUT2D eigenvalue weighted by Gasteiger charge is -2.07. The monoisotopic (exact) mass is 492 g/mol. The van der Waals surface area contributed by atoms with Crippen LogP contribution < -0.4 is 9.29 Å². The molecule has 1 amide bonds. The second kappa shape index (κ2) is 8.92. The average molecular weight is 493 g/mol. The first-order chi connectivity index (χ1) is 14.9. The van der Waals surface area contributed by atoms with Crippen LogP contribution in [0.4, 0.5) is 5.69 Å². The lowest BCUT2D eigenvalue weighted by Crippen LogP contribution is -2.44. The van der Waals surface area contributed by atoms with Crippen LogP contribution in [0.1, 0.15) is 0 Å². The zero-order valence-electron chi connectivity index (χ0n) is 15.9. The molecule has 4 rings (SSSR count). The number of para-hydroxylation sites is 2. The van der Waals surface area contributed by atoms with Crippen molar-refractivity contribution in [3.05, 3.63) is 82.8 Å². The highest BCUT2D eigenvalue weighted by Crippen LogP contribution is 2.26. The van der Waals surface area contributed by atoms with Crippen molar-refractivity contribution in [2.75, 3.05) is 11.1 Å². The van der Waals surface area contributed by atoms with E-state index in [2.05, 4.69) is 10.3 Å². The topological polar surface area (TPSA) is 82.9 Å². The number of carbonyl (C=O) groups is 1. The Labute approximate surface area is 193 Å². The van der Waals surface area contributed by atoms with Gasteiger partial charge in [-0.2, -0.15) is 8.42 Å². The summed E-state index contributed by atoms with van der Waals surface area (Å²) in [5.41, 5.74) is 1.52. The second-order valence-corrected chi connectivity index (χ2v) is 10.1. The van der Waals surface area contributed by atoms with E-state index in [4.69, 9.17) is 23.2 Å². The first-order valence-corrected chi connectivity index (χ1v) is 12.3. The van der Waals surface area contributed by atoms with Gasteiger partial charge in [0.25, 0.3) is 0 Å². The van der Waals surface area contributed by atoms with Crippen molar-refractivity contribution >= 4 is 67.6 Å². The third kappa shape index (κ3) is 4.57. The predicted molar refractivity (Wildman–Crippen MR) is 123 cm³/mol. The van der Waals surface area contributed by atoms with Crippen LogP contribution in [0.5, 0.6) is 0 Å². The van der Waals surface area contributed by atoms with Crippen LogP contribution in [0.2, 0.25) is 10.0 Å². The molecule has 0 atom stereocenters. The van der Waals surface area contributed by atoms with Crippen LogP contribution in [0.15, 0.2) is 82.8 Å². The number of thioether (sulfide) groups is 1. The van der Waals surface area contributed by atoms with Crippen LogP contribution >= 0.6 is 35.0 Å². The molecule has 4 aromatic rings. The minimum absolute atomic E-state index is 0.0417. The summed E-state index contributed by atoms with van der Waals surface area (Å²) in [6.07, 6.45) is 0. The Morgan fingerprint density at radius 3 is 2.48 bits per heavy atom. The molecule has 1 heterocycles. The molecule has 0 fully saturated rings. The van der Waals surface area contributed by atoms with Crippen LogP contribution in [0.3, 0.4) is 0 Å². The summed E-state index contributed by atoms with van der Waals surface area (Å²) in [6.45, 7) is 0. The molecule has 0 aliphatic rings. The maximum absolute atomic E-state index is 13.3. The number of hydrogen-bond acceptors (Lipinski definition) is 4. The third-order valence-corrected chi connectivity index (χ3v) is 7.75. The van der Waals surface area contributed by atoms with Crippen molar-refractivity contribution in [3.63, 3.8) is 0 Å².